The number of benzene rings is 1. The van der Waals surface area contributed by atoms with Gasteiger partial charge in [-0.1, -0.05) is 30.7 Å². The molecule has 6 heteroatoms. The highest BCUT2D eigenvalue weighted by molar-refractivity contribution is 7.92. The lowest BCUT2D eigenvalue weighted by atomic mass is 10.3. The van der Waals surface area contributed by atoms with Gasteiger partial charge >= 0.3 is 0 Å². The molecule has 0 aliphatic heterocycles. The standard InChI is InChI=1S/C12H19ClN2O2S/c1-2-14-9-5-6-10-18(16,17)15-12-8-4-3-7-11(12)13/h3-4,7-8,14-15H,2,5-6,9-10H2,1H3. The van der Waals surface area contributed by atoms with Gasteiger partial charge in [0, 0.05) is 0 Å². The van der Waals surface area contributed by atoms with E-state index in [9.17, 15) is 8.42 Å². The number of hydrogen-bond acceptors (Lipinski definition) is 3. The first kappa shape index (κ1) is 15.3. The first-order valence-corrected chi connectivity index (χ1v) is 8.04. The Bertz CT molecular complexity index is 463. The molecule has 18 heavy (non-hydrogen) atoms. The minimum absolute atomic E-state index is 0.115. The molecule has 1 aromatic carbocycles. The Morgan fingerprint density at radius 2 is 1.94 bits per heavy atom. The van der Waals surface area contributed by atoms with Gasteiger partial charge in [0.25, 0.3) is 0 Å². The lowest BCUT2D eigenvalue weighted by molar-refractivity contribution is 0.593. The van der Waals surface area contributed by atoms with Crippen LogP contribution in [-0.4, -0.2) is 27.3 Å². The first-order valence-electron chi connectivity index (χ1n) is 6.01. The third-order valence-corrected chi connectivity index (χ3v) is 4.09. The Balaban J connectivity index is 2.43. The van der Waals surface area contributed by atoms with E-state index in [0.717, 1.165) is 19.5 Å². The molecule has 0 aromatic heterocycles. The van der Waals surface area contributed by atoms with Crippen molar-refractivity contribution in [3.8, 4) is 0 Å². The third-order valence-electron chi connectivity index (χ3n) is 2.41. The highest BCUT2D eigenvalue weighted by atomic mass is 35.5. The number of unbranched alkanes of at least 4 members (excludes halogenated alkanes) is 1. The zero-order valence-electron chi connectivity index (χ0n) is 10.4. The second-order valence-electron chi connectivity index (χ2n) is 3.96. The third kappa shape index (κ3) is 5.71. The van der Waals surface area contributed by atoms with Crippen LogP contribution in [0.25, 0.3) is 0 Å². The number of rotatable bonds is 8. The molecule has 0 saturated heterocycles. The van der Waals surface area contributed by atoms with Crippen LogP contribution in [0.3, 0.4) is 0 Å². The molecule has 1 aromatic rings. The molecule has 4 nitrogen and oxygen atoms in total. The van der Waals surface area contributed by atoms with Crippen LogP contribution in [0.15, 0.2) is 24.3 Å². The van der Waals surface area contributed by atoms with Crippen LogP contribution in [0.5, 0.6) is 0 Å². The first-order chi connectivity index (χ1) is 8.55. The van der Waals surface area contributed by atoms with E-state index < -0.39 is 10.0 Å². The summed E-state index contributed by atoms with van der Waals surface area (Å²) in [5.41, 5.74) is 0.436. The van der Waals surface area contributed by atoms with Crippen LogP contribution in [0.4, 0.5) is 5.69 Å². The Labute approximate surface area is 114 Å². The summed E-state index contributed by atoms with van der Waals surface area (Å²) in [5.74, 6) is 0.115. The SMILES string of the molecule is CCNCCCCS(=O)(=O)Nc1ccccc1Cl. The van der Waals surface area contributed by atoms with Crippen molar-refractivity contribution in [2.45, 2.75) is 19.8 Å². The van der Waals surface area contributed by atoms with Gasteiger partial charge in [-0.2, -0.15) is 0 Å². The fourth-order valence-electron chi connectivity index (χ4n) is 1.48. The second kappa shape index (κ2) is 7.61. The van der Waals surface area contributed by atoms with Gasteiger partial charge in [0.1, 0.15) is 0 Å². The number of para-hydroxylation sites is 1. The Morgan fingerprint density at radius 1 is 1.22 bits per heavy atom. The van der Waals surface area contributed by atoms with Crippen molar-refractivity contribution in [3.63, 3.8) is 0 Å². The summed E-state index contributed by atoms with van der Waals surface area (Å²) < 4.78 is 26.1. The Kier molecular flexibility index (Phi) is 6.46. The number of anilines is 1. The number of hydrogen-bond donors (Lipinski definition) is 2. The van der Waals surface area contributed by atoms with Crippen molar-refractivity contribution >= 4 is 27.3 Å². The van der Waals surface area contributed by atoms with E-state index in [1.165, 1.54) is 0 Å². The lowest BCUT2D eigenvalue weighted by Crippen LogP contribution is -2.19. The van der Waals surface area contributed by atoms with Gasteiger partial charge < -0.3 is 5.32 Å². The maximum absolute atomic E-state index is 11.8. The van der Waals surface area contributed by atoms with Gasteiger partial charge in [-0.05, 0) is 38.1 Å². The largest absolute Gasteiger partial charge is 0.317 e. The summed E-state index contributed by atoms with van der Waals surface area (Å²) in [7, 11) is -3.31. The summed E-state index contributed by atoms with van der Waals surface area (Å²) in [6, 6.07) is 6.81. The van der Waals surface area contributed by atoms with Crippen molar-refractivity contribution in [2.75, 3.05) is 23.6 Å². The van der Waals surface area contributed by atoms with Crippen molar-refractivity contribution in [2.24, 2.45) is 0 Å². The zero-order chi connectivity index (χ0) is 13.4. The van der Waals surface area contributed by atoms with E-state index in [4.69, 9.17) is 11.6 Å². The molecule has 0 heterocycles. The van der Waals surface area contributed by atoms with E-state index in [1.807, 2.05) is 6.92 Å². The highest BCUT2D eigenvalue weighted by Crippen LogP contribution is 2.21. The van der Waals surface area contributed by atoms with Crippen molar-refractivity contribution in [1.82, 2.24) is 5.32 Å². The summed E-state index contributed by atoms with van der Waals surface area (Å²) in [4.78, 5) is 0. The van der Waals surface area contributed by atoms with Gasteiger partial charge in [-0.3, -0.25) is 4.72 Å². The lowest BCUT2D eigenvalue weighted by Gasteiger charge is -2.09. The fourth-order valence-corrected chi connectivity index (χ4v) is 2.92. The van der Waals surface area contributed by atoms with Gasteiger partial charge in [0.05, 0.1) is 16.5 Å². The molecular formula is C12H19ClN2O2S. The van der Waals surface area contributed by atoms with E-state index in [1.54, 1.807) is 24.3 Å². The number of nitrogens with one attached hydrogen (secondary N) is 2. The maximum Gasteiger partial charge on any atom is 0.232 e. The monoisotopic (exact) mass is 290 g/mol. The van der Waals surface area contributed by atoms with Gasteiger partial charge in [-0.25, -0.2) is 8.42 Å². The fraction of sp³-hybridized carbons (Fsp3) is 0.500. The summed E-state index contributed by atoms with van der Waals surface area (Å²) in [6.45, 7) is 3.78. The predicted molar refractivity (Wildman–Crippen MR) is 76.6 cm³/mol. The van der Waals surface area contributed by atoms with E-state index >= 15 is 0 Å². The number of halogens is 1. The molecule has 102 valence electrons. The molecule has 0 fully saturated rings. The zero-order valence-corrected chi connectivity index (χ0v) is 12.0. The van der Waals surface area contributed by atoms with Crippen LogP contribution < -0.4 is 10.0 Å². The molecule has 0 aliphatic rings. The molecule has 0 aliphatic carbocycles. The molecule has 0 radical (unpaired) electrons. The molecule has 0 spiro atoms. The average molecular weight is 291 g/mol. The summed E-state index contributed by atoms with van der Waals surface area (Å²) in [6.07, 6.45) is 1.48. The molecule has 0 bridgehead atoms. The topological polar surface area (TPSA) is 58.2 Å². The quantitative estimate of drug-likeness (QED) is 0.723. The second-order valence-corrected chi connectivity index (χ2v) is 6.21. The van der Waals surface area contributed by atoms with Crippen LogP contribution in [0.1, 0.15) is 19.8 Å². The van der Waals surface area contributed by atoms with Gasteiger partial charge in [0.15, 0.2) is 0 Å². The van der Waals surface area contributed by atoms with Crippen LogP contribution >= 0.6 is 11.6 Å². The Morgan fingerprint density at radius 3 is 2.61 bits per heavy atom. The summed E-state index contributed by atoms with van der Waals surface area (Å²) in [5, 5.41) is 3.57. The molecule has 2 N–H and O–H groups in total. The highest BCUT2D eigenvalue weighted by Gasteiger charge is 2.11. The minimum Gasteiger partial charge on any atom is -0.317 e. The Hall–Kier alpha value is -0.780. The minimum atomic E-state index is -3.31. The van der Waals surface area contributed by atoms with Crippen LogP contribution in [-0.2, 0) is 10.0 Å². The average Bonchev–Trinajstić information content (AvgIpc) is 2.31. The molecule has 0 unspecified atom stereocenters. The van der Waals surface area contributed by atoms with Crippen molar-refractivity contribution < 1.29 is 8.42 Å². The molecular weight excluding hydrogens is 272 g/mol. The van der Waals surface area contributed by atoms with Crippen LogP contribution in [0.2, 0.25) is 5.02 Å². The molecule has 0 saturated carbocycles. The molecule has 0 amide bonds. The predicted octanol–water partition coefficient (Wildman–Crippen LogP) is 2.47. The van der Waals surface area contributed by atoms with Gasteiger partial charge in [-0.15, -0.1) is 0 Å². The molecule has 0 atom stereocenters. The summed E-state index contributed by atoms with van der Waals surface area (Å²) >= 11 is 5.90. The van der Waals surface area contributed by atoms with Crippen molar-refractivity contribution in [1.29, 1.82) is 0 Å². The number of sulfonamides is 1. The maximum atomic E-state index is 11.8. The van der Waals surface area contributed by atoms with Crippen molar-refractivity contribution in [3.05, 3.63) is 29.3 Å². The molecule has 1 rings (SSSR count). The van der Waals surface area contributed by atoms with Crippen LogP contribution in [0, 0.1) is 0 Å². The smallest absolute Gasteiger partial charge is 0.232 e. The van der Waals surface area contributed by atoms with E-state index in [0.29, 0.717) is 17.1 Å². The van der Waals surface area contributed by atoms with E-state index in [-0.39, 0.29) is 5.75 Å². The van der Waals surface area contributed by atoms with Gasteiger partial charge in [0.2, 0.25) is 10.0 Å². The normalized spacial score (nSPS) is 11.4. The van der Waals surface area contributed by atoms with E-state index in [2.05, 4.69) is 10.0 Å².